The first kappa shape index (κ1) is 19.8. The van der Waals surface area contributed by atoms with Crippen molar-refractivity contribution in [1.82, 2.24) is 19.7 Å². The molecule has 1 atom stereocenters. The molecule has 3 heterocycles. The molecule has 3 aromatic rings. The van der Waals surface area contributed by atoms with Crippen LogP contribution in [-0.2, 0) is 14.3 Å². The summed E-state index contributed by atoms with van der Waals surface area (Å²) in [6.45, 7) is 0. The van der Waals surface area contributed by atoms with Crippen molar-refractivity contribution in [2.24, 2.45) is 0 Å². The number of esters is 1. The van der Waals surface area contributed by atoms with Crippen LogP contribution in [0, 0.1) is 5.95 Å². The van der Waals surface area contributed by atoms with Gasteiger partial charge in [0.15, 0.2) is 5.82 Å². The molecule has 8 nitrogen and oxygen atoms in total. The van der Waals surface area contributed by atoms with Crippen LogP contribution in [0.3, 0.4) is 0 Å². The fourth-order valence-corrected chi connectivity index (χ4v) is 2.95. The Hall–Kier alpha value is -2.98. The molecule has 28 heavy (non-hydrogen) atoms. The molecule has 0 amide bonds. The Kier molecular flexibility index (Phi) is 6.22. The molecule has 0 aliphatic rings. The highest BCUT2D eigenvalue weighted by Gasteiger charge is 2.24. The van der Waals surface area contributed by atoms with E-state index in [2.05, 4.69) is 19.8 Å². The number of ether oxygens (including phenoxy) is 3. The van der Waals surface area contributed by atoms with Crippen LogP contribution in [0.1, 0.15) is 0 Å². The quantitative estimate of drug-likeness (QED) is 0.257. The van der Waals surface area contributed by atoms with E-state index in [1.807, 2.05) is 18.4 Å². The maximum Gasteiger partial charge on any atom is 0.376 e. The summed E-state index contributed by atoms with van der Waals surface area (Å²) < 4.78 is 30.0. The molecule has 0 radical (unpaired) electrons. The van der Waals surface area contributed by atoms with Gasteiger partial charge >= 0.3 is 12.3 Å². The molecule has 10 heteroatoms. The number of hydrogen-bond donors (Lipinski definition) is 0. The highest BCUT2D eigenvalue weighted by molar-refractivity contribution is 7.98. The summed E-state index contributed by atoms with van der Waals surface area (Å²) in [5, 5.41) is 4.40. The molecule has 0 spiro atoms. The monoisotopic (exact) mass is 404 g/mol. The molecule has 0 saturated heterocycles. The zero-order chi connectivity index (χ0) is 20.1. The molecular weight excluding hydrogens is 387 g/mol. The number of hydrogen-bond acceptors (Lipinski definition) is 8. The number of methoxy groups -OCH3 is 2. The lowest BCUT2D eigenvalue weighted by molar-refractivity contribution is -0.170. The van der Waals surface area contributed by atoms with Crippen molar-refractivity contribution in [3.8, 4) is 23.0 Å². The number of halogens is 1. The number of aromatic nitrogens is 4. The Labute approximate surface area is 164 Å². The third-order valence-corrected chi connectivity index (χ3v) is 4.48. The Bertz CT molecular complexity index is 964. The number of nitrogens with zero attached hydrogens (tertiary/aromatic N) is 4. The van der Waals surface area contributed by atoms with Crippen molar-refractivity contribution in [1.29, 1.82) is 0 Å². The number of thioether (sulfide) groups is 1. The molecular formula is C18H17FN4O4S. The van der Waals surface area contributed by atoms with Gasteiger partial charge in [0.05, 0.1) is 17.7 Å². The van der Waals surface area contributed by atoms with Crippen molar-refractivity contribution in [3.63, 3.8) is 0 Å². The van der Waals surface area contributed by atoms with E-state index in [9.17, 15) is 9.18 Å². The Morgan fingerprint density at radius 1 is 1.25 bits per heavy atom. The number of pyridine rings is 2. The summed E-state index contributed by atoms with van der Waals surface area (Å²) in [6.07, 6.45) is 3.65. The molecule has 0 saturated carbocycles. The van der Waals surface area contributed by atoms with Gasteiger partial charge in [-0.3, -0.25) is 0 Å². The van der Waals surface area contributed by atoms with E-state index in [0.29, 0.717) is 17.1 Å². The largest absolute Gasteiger partial charge is 0.464 e. The summed E-state index contributed by atoms with van der Waals surface area (Å²) >= 11 is 1.49. The maximum atomic E-state index is 13.3. The smallest absolute Gasteiger partial charge is 0.376 e. The minimum atomic E-state index is -1.28. The average Bonchev–Trinajstić information content (AvgIpc) is 3.15. The molecule has 146 valence electrons. The maximum absolute atomic E-state index is 13.3. The van der Waals surface area contributed by atoms with E-state index < -0.39 is 18.2 Å². The molecule has 3 aromatic heterocycles. The summed E-state index contributed by atoms with van der Waals surface area (Å²) in [6, 6.07) is 8.10. The fourth-order valence-electron chi connectivity index (χ4n) is 2.41. The van der Waals surface area contributed by atoms with Gasteiger partial charge in [-0.15, -0.1) is 16.9 Å². The van der Waals surface area contributed by atoms with E-state index in [-0.39, 0.29) is 5.88 Å². The highest BCUT2D eigenvalue weighted by Crippen LogP contribution is 2.30. The number of carbonyl (C=O) groups is 1. The van der Waals surface area contributed by atoms with Gasteiger partial charge in [0.1, 0.15) is 0 Å². The lowest BCUT2D eigenvalue weighted by atomic mass is 10.2. The lowest BCUT2D eigenvalue weighted by Gasteiger charge is -2.12. The van der Waals surface area contributed by atoms with Crippen LogP contribution < -0.4 is 4.74 Å². The molecule has 0 aliphatic heterocycles. The van der Waals surface area contributed by atoms with Crippen LogP contribution >= 0.6 is 11.8 Å². The van der Waals surface area contributed by atoms with Gasteiger partial charge in [-0.2, -0.15) is 4.39 Å². The predicted molar refractivity (Wildman–Crippen MR) is 99.8 cm³/mol. The summed E-state index contributed by atoms with van der Waals surface area (Å²) in [7, 11) is 2.54. The van der Waals surface area contributed by atoms with Gasteiger partial charge in [-0.1, -0.05) is 0 Å². The second-order valence-corrected chi connectivity index (χ2v) is 6.24. The number of carbonyl (C=O) groups excluding carboxylic acids is 1. The van der Waals surface area contributed by atoms with Crippen molar-refractivity contribution < 1.29 is 23.4 Å². The zero-order valence-corrected chi connectivity index (χ0v) is 16.1. The van der Waals surface area contributed by atoms with Crippen LogP contribution in [0.4, 0.5) is 4.39 Å². The molecule has 3 rings (SSSR count). The Balaban J connectivity index is 2.09. The third-order valence-electron chi connectivity index (χ3n) is 3.72. The van der Waals surface area contributed by atoms with E-state index in [1.165, 1.54) is 38.2 Å². The standard InChI is InChI=1S/C18H17FN4O4S/c1-25-17(24)18(26-2)27-15-9-12(11-6-7-14(19)21-10-11)23(22-15)16-13(28-3)5-4-8-20-16/h4-10,18H,1-3H3. The summed E-state index contributed by atoms with van der Waals surface area (Å²) in [5.41, 5.74) is 1.14. The van der Waals surface area contributed by atoms with Crippen LogP contribution in [0.15, 0.2) is 47.6 Å². The van der Waals surface area contributed by atoms with Gasteiger partial charge in [-0.25, -0.2) is 19.4 Å². The average molecular weight is 404 g/mol. The zero-order valence-electron chi connectivity index (χ0n) is 15.3. The Morgan fingerprint density at radius 3 is 2.71 bits per heavy atom. The van der Waals surface area contributed by atoms with Crippen molar-refractivity contribution in [2.45, 2.75) is 11.2 Å². The van der Waals surface area contributed by atoms with Gasteiger partial charge in [0, 0.05) is 31.1 Å². The van der Waals surface area contributed by atoms with Crippen LogP contribution in [-0.4, -0.2) is 52.5 Å². The molecule has 0 aromatic carbocycles. The first-order chi connectivity index (χ1) is 13.6. The minimum Gasteiger partial charge on any atom is -0.464 e. The Morgan fingerprint density at radius 2 is 2.07 bits per heavy atom. The third kappa shape index (κ3) is 4.12. The van der Waals surface area contributed by atoms with E-state index >= 15 is 0 Å². The first-order valence-electron chi connectivity index (χ1n) is 8.06. The lowest BCUT2D eigenvalue weighted by Crippen LogP contribution is -2.30. The van der Waals surface area contributed by atoms with Gasteiger partial charge in [0.25, 0.3) is 0 Å². The summed E-state index contributed by atoms with van der Waals surface area (Å²) in [5.74, 6) is -0.644. The summed E-state index contributed by atoms with van der Waals surface area (Å²) in [4.78, 5) is 20.7. The van der Waals surface area contributed by atoms with E-state index in [0.717, 1.165) is 4.90 Å². The van der Waals surface area contributed by atoms with Gasteiger partial charge < -0.3 is 14.2 Å². The topological polar surface area (TPSA) is 88.4 Å². The second-order valence-electron chi connectivity index (χ2n) is 5.39. The van der Waals surface area contributed by atoms with E-state index in [4.69, 9.17) is 9.47 Å². The fraction of sp³-hybridized carbons (Fsp3) is 0.222. The second kappa shape index (κ2) is 8.81. The molecule has 0 aliphatic carbocycles. The van der Waals surface area contributed by atoms with Crippen LogP contribution in [0.2, 0.25) is 0 Å². The van der Waals surface area contributed by atoms with Crippen molar-refractivity contribution >= 4 is 17.7 Å². The molecule has 1 unspecified atom stereocenters. The van der Waals surface area contributed by atoms with Gasteiger partial charge in [0.2, 0.25) is 11.8 Å². The SMILES string of the molecule is COC(=O)C(OC)Oc1cc(-c2ccc(F)nc2)n(-c2ncccc2SC)n1. The number of rotatable bonds is 7. The van der Waals surface area contributed by atoms with E-state index in [1.54, 1.807) is 23.0 Å². The molecule has 0 N–H and O–H groups in total. The highest BCUT2D eigenvalue weighted by atomic mass is 32.2. The van der Waals surface area contributed by atoms with Gasteiger partial charge in [-0.05, 0) is 30.5 Å². The molecule has 0 fully saturated rings. The van der Waals surface area contributed by atoms with Crippen LogP contribution in [0.25, 0.3) is 17.1 Å². The minimum absolute atomic E-state index is 0.106. The predicted octanol–water partition coefficient (Wildman–Crippen LogP) is 2.71. The van der Waals surface area contributed by atoms with Crippen molar-refractivity contribution in [3.05, 3.63) is 48.7 Å². The van der Waals surface area contributed by atoms with Crippen LogP contribution in [0.5, 0.6) is 5.88 Å². The normalized spacial score (nSPS) is 11.9. The van der Waals surface area contributed by atoms with Crippen molar-refractivity contribution in [2.75, 3.05) is 20.5 Å². The molecule has 0 bridgehead atoms. The first-order valence-corrected chi connectivity index (χ1v) is 9.28.